The van der Waals surface area contributed by atoms with E-state index in [1.807, 2.05) is 24.5 Å². The first kappa shape index (κ1) is 21.4. The molecule has 1 N–H and O–H groups in total. The highest BCUT2D eigenvalue weighted by molar-refractivity contribution is 5.97. The number of pyridine rings is 2. The number of carbonyl (C=O) groups is 1. The van der Waals surface area contributed by atoms with Crippen molar-refractivity contribution in [3.05, 3.63) is 57.9 Å². The quantitative estimate of drug-likeness (QED) is 0.657. The molecule has 9 nitrogen and oxygen atoms in total. The summed E-state index contributed by atoms with van der Waals surface area (Å²) in [5, 5.41) is 12.6. The van der Waals surface area contributed by atoms with Crippen LogP contribution in [-0.2, 0) is 6.54 Å². The third kappa shape index (κ3) is 4.30. The fraction of sp³-hybridized carbons (Fsp3) is 0.391. The second-order valence-electron chi connectivity index (χ2n) is 7.87. The lowest BCUT2D eigenvalue weighted by Gasteiger charge is -2.29. The van der Waals surface area contributed by atoms with Crippen LogP contribution in [0, 0.1) is 18.3 Å². The zero-order valence-corrected chi connectivity index (χ0v) is 18.0. The first-order chi connectivity index (χ1) is 15.5. The van der Waals surface area contributed by atoms with Gasteiger partial charge in [0.15, 0.2) is 0 Å². The highest BCUT2D eigenvalue weighted by Gasteiger charge is 2.26. The van der Waals surface area contributed by atoms with Crippen LogP contribution in [0.25, 0.3) is 11.0 Å². The molecule has 3 aromatic heterocycles. The normalized spacial score (nSPS) is 18.2. The fourth-order valence-electron chi connectivity index (χ4n) is 4.00. The van der Waals surface area contributed by atoms with Crippen LogP contribution >= 0.6 is 0 Å². The first-order valence-electron chi connectivity index (χ1n) is 10.7. The van der Waals surface area contributed by atoms with E-state index in [1.54, 1.807) is 18.3 Å². The number of nitrogens with one attached hydrogen (secondary N) is 1. The molecule has 4 rings (SSSR count). The minimum Gasteiger partial charge on any atom is -0.472 e. The van der Waals surface area contributed by atoms with E-state index >= 15 is 0 Å². The average Bonchev–Trinajstić information content (AvgIpc) is 2.81. The molecule has 0 atom stereocenters. The molecule has 1 saturated carbocycles. The zero-order chi connectivity index (χ0) is 22.7. The lowest BCUT2D eigenvalue weighted by molar-refractivity contribution is 0.0888. The number of hydrogen-bond acceptors (Lipinski definition) is 7. The van der Waals surface area contributed by atoms with Crippen LogP contribution < -0.4 is 15.5 Å². The number of hydrogen-bond donors (Lipinski definition) is 1. The summed E-state index contributed by atoms with van der Waals surface area (Å²) >= 11 is 0. The van der Waals surface area contributed by atoms with Gasteiger partial charge in [-0.25, -0.2) is 15.0 Å². The summed E-state index contributed by atoms with van der Waals surface area (Å²) in [6.07, 6.45) is 7.25. The van der Waals surface area contributed by atoms with Crippen LogP contribution in [0.4, 0.5) is 0 Å². The number of aryl methyl sites for hydroxylation is 2. The Bertz CT molecular complexity index is 1250. The van der Waals surface area contributed by atoms with E-state index in [4.69, 9.17) is 10.00 Å². The van der Waals surface area contributed by atoms with Crippen molar-refractivity contribution in [3.8, 4) is 11.9 Å². The van der Waals surface area contributed by atoms with Crippen molar-refractivity contribution in [2.75, 3.05) is 0 Å². The Morgan fingerprint density at radius 3 is 2.72 bits per heavy atom. The number of nitriles is 1. The number of amides is 1. The van der Waals surface area contributed by atoms with E-state index in [0.29, 0.717) is 43.3 Å². The number of aromatic nitrogens is 4. The van der Waals surface area contributed by atoms with Gasteiger partial charge in [0, 0.05) is 36.9 Å². The maximum Gasteiger partial charge on any atom is 0.256 e. The standard InChI is InChI=1S/C23H24N6O3/c1-3-29-13-18(20(30)17-9-4-14(2)27-21(17)29)22(31)28-15-5-7-16(8-6-15)32-23-19(12-24)25-10-11-26-23/h4,9-11,13,15-16H,3,5-8H2,1-2H3,(H,28,31). The Morgan fingerprint density at radius 1 is 1.25 bits per heavy atom. The van der Waals surface area contributed by atoms with Crippen molar-refractivity contribution in [1.29, 1.82) is 5.26 Å². The van der Waals surface area contributed by atoms with Crippen molar-refractivity contribution >= 4 is 16.9 Å². The molecule has 164 valence electrons. The summed E-state index contributed by atoms with van der Waals surface area (Å²) in [5.74, 6) is -0.132. The zero-order valence-electron chi connectivity index (χ0n) is 18.0. The minimum atomic E-state index is -0.371. The second kappa shape index (κ2) is 9.14. The van der Waals surface area contributed by atoms with E-state index < -0.39 is 0 Å². The molecule has 0 unspecified atom stereocenters. The maximum absolute atomic E-state index is 12.9. The number of carbonyl (C=O) groups excluding carboxylic acids is 1. The van der Waals surface area contributed by atoms with Crippen LogP contribution in [-0.4, -0.2) is 37.6 Å². The predicted molar refractivity (Wildman–Crippen MR) is 117 cm³/mol. The van der Waals surface area contributed by atoms with Gasteiger partial charge in [0.2, 0.25) is 11.1 Å². The molecule has 32 heavy (non-hydrogen) atoms. The Hall–Kier alpha value is -3.80. The highest BCUT2D eigenvalue weighted by atomic mass is 16.5. The van der Waals surface area contributed by atoms with Gasteiger partial charge in [-0.2, -0.15) is 5.26 Å². The predicted octanol–water partition coefficient (Wildman–Crippen LogP) is 2.51. The first-order valence-corrected chi connectivity index (χ1v) is 10.7. The molecule has 0 aliphatic heterocycles. The molecule has 1 aliphatic rings. The number of fused-ring (bicyclic) bond motifs is 1. The number of nitrogens with zero attached hydrogens (tertiary/aromatic N) is 5. The summed E-state index contributed by atoms with van der Waals surface area (Å²) in [4.78, 5) is 38.4. The van der Waals surface area contributed by atoms with Gasteiger partial charge in [0.25, 0.3) is 11.8 Å². The molecule has 0 bridgehead atoms. The van der Waals surface area contributed by atoms with Crippen molar-refractivity contribution in [2.45, 2.75) is 58.2 Å². The van der Waals surface area contributed by atoms with Gasteiger partial charge < -0.3 is 14.6 Å². The molecule has 1 aliphatic carbocycles. The molecule has 3 aromatic rings. The van der Waals surface area contributed by atoms with Gasteiger partial charge in [-0.05, 0) is 51.7 Å². The fourth-order valence-corrected chi connectivity index (χ4v) is 4.00. The molecular weight excluding hydrogens is 408 g/mol. The highest BCUT2D eigenvalue weighted by Crippen LogP contribution is 2.24. The molecule has 0 saturated heterocycles. The third-order valence-corrected chi connectivity index (χ3v) is 5.70. The minimum absolute atomic E-state index is 0.0547. The van der Waals surface area contributed by atoms with Crippen LogP contribution in [0.3, 0.4) is 0 Å². The van der Waals surface area contributed by atoms with Crippen molar-refractivity contribution in [2.24, 2.45) is 0 Å². The SMILES string of the molecule is CCn1cc(C(=O)NC2CCC(Oc3nccnc3C#N)CC2)c(=O)c2ccc(C)nc21. The van der Waals surface area contributed by atoms with Gasteiger partial charge in [-0.1, -0.05) is 0 Å². The summed E-state index contributed by atoms with van der Waals surface area (Å²) < 4.78 is 7.68. The van der Waals surface area contributed by atoms with Crippen molar-refractivity contribution < 1.29 is 9.53 Å². The van der Waals surface area contributed by atoms with Crippen LogP contribution in [0.1, 0.15) is 54.4 Å². The smallest absolute Gasteiger partial charge is 0.256 e. The van der Waals surface area contributed by atoms with E-state index in [9.17, 15) is 9.59 Å². The van der Waals surface area contributed by atoms with Crippen LogP contribution in [0.2, 0.25) is 0 Å². The summed E-state index contributed by atoms with van der Waals surface area (Å²) in [6.45, 7) is 4.42. The summed E-state index contributed by atoms with van der Waals surface area (Å²) in [5.41, 5.74) is 1.39. The number of ether oxygens (including phenoxy) is 1. The monoisotopic (exact) mass is 432 g/mol. The van der Waals surface area contributed by atoms with Gasteiger partial charge in [0.1, 0.15) is 23.4 Å². The molecule has 0 spiro atoms. The second-order valence-corrected chi connectivity index (χ2v) is 7.87. The molecule has 3 heterocycles. The maximum atomic E-state index is 12.9. The van der Waals surface area contributed by atoms with Crippen molar-refractivity contribution in [1.82, 2.24) is 24.8 Å². The molecule has 1 amide bonds. The molecule has 1 fully saturated rings. The molecule has 9 heteroatoms. The van der Waals surface area contributed by atoms with Crippen molar-refractivity contribution in [3.63, 3.8) is 0 Å². The van der Waals surface area contributed by atoms with Gasteiger partial charge >= 0.3 is 0 Å². The third-order valence-electron chi connectivity index (χ3n) is 5.70. The van der Waals surface area contributed by atoms with Gasteiger partial charge in [0.05, 0.1) is 5.39 Å². The summed E-state index contributed by atoms with van der Waals surface area (Å²) in [7, 11) is 0. The average molecular weight is 432 g/mol. The van der Waals surface area contributed by atoms with E-state index in [1.165, 1.54) is 12.4 Å². The molecule has 0 radical (unpaired) electrons. The van der Waals surface area contributed by atoms with Crippen LogP contribution in [0.5, 0.6) is 5.88 Å². The largest absolute Gasteiger partial charge is 0.472 e. The van der Waals surface area contributed by atoms with Gasteiger partial charge in [-0.3, -0.25) is 9.59 Å². The number of rotatable bonds is 5. The Balaban J connectivity index is 1.44. The van der Waals surface area contributed by atoms with E-state index in [2.05, 4.69) is 20.3 Å². The Morgan fingerprint density at radius 2 is 2.00 bits per heavy atom. The summed E-state index contributed by atoms with van der Waals surface area (Å²) in [6, 6.07) is 5.43. The molecular formula is C23H24N6O3. The topological polar surface area (TPSA) is 123 Å². The Kier molecular flexibility index (Phi) is 6.12. The van der Waals surface area contributed by atoms with E-state index in [0.717, 1.165) is 5.69 Å². The van der Waals surface area contributed by atoms with Gasteiger partial charge in [-0.15, -0.1) is 0 Å². The lowest BCUT2D eigenvalue weighted by atomic mass is 9.92. The lowest BCUT2D eigenvalue weighted by Crippen LogP contribution is -2.41. The van der Waals surface area contributed by atoms with E-state index in [-0.39, 0.29) is 40.6 Å². The molecule has 0 aromatic carbocycles. The Labute approximate surface area is 185 Å². The van der Waals surface area contributed by atoms with Crippen LogP contribution in [0.15, 0.2) is 35.5 Å².